The van der Waals surface area contributed by atoms with Gasteiger partial charge in [0.25, 0.3) is 0 Å². The maximum Gasteiger partial charge on any atom is 0.189 e. The molecule has 0 N–H and O–H groups in total. The van der Waals surface area contributed by atoms with Crippen LogP contribution in [0.5, 0.6) is 11.5 Å². The lowest BCUT2D eigenvalue weighted by Crippen LogP contribution is -2.09. The van der Waals surface area contributed by atoms with Crippen molar-refractivity contribution in [1.29, 1.82) is 0 Å². The topological polar surface area (TPSA) is 43.7 Å². The first-order valence-corrected chi connectivity index (χ1v) is 7.60. The molecule has 0 fully saturated rings. The molecule has 124 valence electrons. The van der Waals surface area contributed by atoms with E-state index in [0.29, 0.717) is 16.9 Å². The summed E-state index contributed by atoms with van der Waals surface area (Å²) in [4.78, 5) is 14.3. The van der Waals surface area contributed by atoms with Crippen molar-refractivity contribution >= 4 is 16.6 Å². The van der Waals surface area contributed by atoms with E-state index in [0.717, 1.165) is 16.9 Å². The van der Waals surface area contributed by atoms with Crippen molar-refractivity contribution in [2.45, 2.75) is 0 Å². The van der Waals surface area contributed by atoms with Gasteiger partial charge in [-0.25, -0.2) is 0 Å². The Kier molecular flexibility index (Phi) is 4.16. The zero-order valence-corrected chi connectivity index (χ0v) is 14.2. The van der Waals surface area contributed by atoms with Crippen molar-refractivity contribution in [2.24, 2.45) is 0 Å². The van der Waals surface area contributed by atoms with Gasteiger partial charge in [-0.3, -0.25) is 4.79 Å². The van der Waals surface area contributed by atoms with Gasteiger partial charge in [0.2, 0.25) is 0 Å². The summed E-state index contributed by atoms with van der Waals surface area (Å²) in [6.45, 7) is 0. The third-order valence-electron chi connectivity index (χ3n) is 4.05. The highest BCUT2D eigenvalue weighted by atomic mass is 16.5. The normalized spacial score (nSPS) is 10.7. The highest BCUT2D eigenvalue weighted by Crippen LogP contribution is 2.31. The van der Waals surface area contributed by atoms with Crippen molar-refractivity contribution < 1.29 is 9.47 Å². The van der Waals surface area contributed by atoms with Gasteiger partial charge in [-0.05, 0) is 30.3 Å². The Morgan fingerprint density at radius 3 is 2.12 bits per heavy atom. The molecule has 3 aromatic rings. The average molecular weight is 324 g/mol. The molecule has 0 bridgehead atoms. The predicted octanol–water partition coefficient (Wildman–Crippen LogP) is 3.07. The van der Waals surface area contributed by atoms with Gasteiger partial charge in [0.1, 0.15) is 0 Å². The summed E-state index contributed by atoms with van der Waals surface area (Å²) < 4.78 is 12.7. The number of hydrogen-bond donors (Lipinski definition) is 0. The molecule has 0 amide bonds. The second kappa shape index (κ2) is 6.28. The van der Waals surface area contributed by atoms with Crippen LogP contribution in [0.1, 0.15) is 0 Å². The van der Waals surface area contributed by atoms with E-state index in [1.807, 2.05) is 53.9 Å². The van der Waals surface area contributed by atoms with Crippen molar-refractivity contribution in [2.75, 3.05) is 33.2 Å². The quantitative estimate of drug-likeness (QED) is 0.740. The Hall–Kier alpha value is -2.95. The van der Waals surface area contributed by atoms with Crippen molar-refractivity contribution in [3.05, 3.63) is 58.9 Å². The second-order valence-corrected chi connectivity index (χ2v) is 5.69. The first-order chi connectivity index (χ1) is 11.5. The summed E-state index contributed by atoms with van der Waals surface area (Å²) >= 11 is 0. The summed E-state index contributed by atoms with van der Waals surface area (Å²) in [6.07, 6.45) is 1.78. The van der Waals surface area contributed by atoms with Gasteiger partial charge in [-0.2, -0.15) is 0 Å². The van der Waals surface area contributed by atoms with Gasteiger partial charge in [0, 0.05) is 49.2 Å². The molecule has 0 aliphatic carbocycles. The smallest absolute Gasteiger partial charge is 0.189 e. The van der Waals surface area contributed by atoms with Crippen LogP contribution in [0.2, 0.25) is 0 Å². The number of ether oxygens (including phenoxy) is 2. The van der Waals surface area contributed by atoms with Crippen molar-refractivity contribution in [3.8, 4) is 17.2 Å². The summed E-state index contributed by atoms with van der Waals surface area (Å²) in [6, 6.07) is 13.2. The van der Waals surface area contributed by atoms with Crippen LogP contribution in [0.25, 0.3) is 16.6 Å². The fourth-order valence-corrected chi connectivity index (χ4v) is 2.71. The SMILES string of the molecule is COc1cc2c(=O)ccn(-c3ccc(N(C)C)cc3)c2cc1OC. The summed E-state index contributed by atoms with van der Waals surface area (Å²) in [5.74, 6) is 1.14. The molecule has 2 aromatic carbocycles. The highest BCUT2D eigenvalue weighted by molar-refractivity contribution is 5.84. The molecule has 0 radical (unpaired) electrons. The van der Waals surface area contributed by atoms with Crippen LogP contribution >= 0.6 is 0 Å². The van der Waals surface area contributed by atoms with Gasteiger partial charge < -0.3 is 18.9 Å². The Morgan fingerprint density at radius 2 is 1.54 bits per heavy atom. The van der Waals surface area contributed by atoms with Gasteiger partial charge in [-0.15, -0.1) is 0 Å². The van der Waals surface area contributed by atoms with Crippen LogP contribution < -0.4 is 19.8 Å². The van der Waals surface area contributed by atoms with E-state index in [2.05, 4.69) is 0 Å². The van der Waals surface area contributed by atoms with Crippen LogP contribution in [-0.4, -0.2) is 32.9 Å². The van der Waals surface area contributed by atoms with Crippen LogP contribution in [0.15, 0.2) is 53.5 Å². The molecule has 0 unspecified atom stereocenters. The van der Waals surface area contributed by atoms with E-state index in [4.69, 9.17) is 9.47 Å². The molecule has 0 saturated heterocycles. The molecule has 1 heterocycles. The number of pyridine rings is 1. The Bertz CT molecular complexity index is 928. The Morgan fingerprint density at radius 1 is 0.917 bits per heavy atom. The van der Waals surface area contributed by atoms with E-state index in [1.54, 1.807) is 32.5 Å². The molecule has 24 heavy (non-hydrogen) atoms. The standard InChI is InChI=1S/C19H20N2O3/c1-20(2)13-5-7-14(8-6-13)21-10-9-17(22)15-11-18(23-3)19(24-4)12-16(15)21/h5-12H,1-4H3. The zero-order valence-electron chi connectivity index (χ0n) is 14.2. The monoisotopic (exact) mass is 324 g/mol. The number of rotatable bonds is 4. The third kappa shape index (κ3) is 2.69. The number of aromatic nitrogens is 1. The van der Waals surface area contributed by atoms with Gasteiger partial charge >= 0.3 is 0 Å². The van der Waals surface area contributed by atoms with Crippen molar-refractivity contribution in [3.63, 3.8) is 0 Å². The zero-order chi connectivity index (χ0) is 17.3. The highest BCUT2D eigenvalue weighted by Gasteiger charge is 2.11. The molecular weight excluding hydrogens is 304 g/mol. The molecule has 0 atom stereocenters. The molecule has 0 aliphatic heterocycles. The van der Waals surface area contributed by atoms with Crippen LogP contribution in [0.3, 0.4) is 0 Å². The van der Waals surface area contributed by atoms with Gasteiger partial charge in [-0.1, -0.05) is 0 Å². The number of methoxy groups -OCH3 is 2. The minimum Gasteiger partial charge on any atom is -0.493 e. The molecule has 0 aliphatic rings. The number of nitrogens with zero attached hydrogens (tertiary/aromatic N) is 2. The molecule has 5 heteroatoms. The fourth-order valence-electron chi connectivity index (χ4n) is 2.71. The lowest BCUT2D eigenvalue weighted by atomic mass is 10.1. The van der Waals surface area contributed by atoms with Gasteiger partial charge in [0.15, 0.2) is 16.9 Å². The number of benzene rings is 2. The van der Waals surface area contributed by atoms with E-state index >= 15 is 0 Å². The number of anilines is 1. The van der Waals surface area contributed by atoms with E-state index in [1.165, 1.54) is 0 Å². The Labute approximate surface area is 140 Å². The van der Waals surface area contributed by atoms with Crippen LogP contribution in [-0.2, 0) is 0 Å². The largest absolute Gasteiger partial charge is 0.493 e. The second-order valence-electron chi connectivity index (χ2n) is 5.69. The van der Waals surface area contributed by atoms with E-state index < -0.39 is 0 Å². The molecule has 1 aromatic heterocycles. The fraction of sp³-hybridized carbons (Fsp3) is 0.211. The molecular formula is C19H20N2O3. The Balaban J connectivity index is 2.24. The average Bonchev–Trinajstić information content (AvgIpc) is 2.61. The van der Waals surface area contributed by atoms with E-state index in [9.17, 15) is 4.79 Å². The molecule has 0 saturated carbocycles. The lowest BCUT2D eigenvalue weighted by Gasteiger charge is -2.16. The minimum atomic E-state index is -0.0490. The summed E-state index contributed by atoms with van der Waals surface area (Å²) in [5.41, 5.74) is 2.81. The van der Waals surface area contributed by atoms with E-state index in [-0.39, 0.29) is 5.43 Å². The molecule has 0 spiro atoms. The maximum absolute atomic E-state index is 12.3. The third-order valence-corrected chi connectivity index (χ3v) is 4.05. The number of hydrogen-bond acceptors (Lipinski definition) is 4. The van der Waals surface area contributed by atoms with Gasteiger partial charge in [0.05, 0.1) is 19.7 Å². The maximum atomic E-state index is 12.3. The first kappa shape index (κ1) is 15.9. The summed E-state index contributed by atoms with van der Waals surface area (Å²) in [7, 11) is 7.15. The van der Waals surface area contributed by atoms with Crippen LogP contribution in [0, 0.1) is 0 Å². The van der Waals surface area contributed by atoms with Crippen molar-refractivity contribution in [1.82, 2.24) is 4.57 Å². The first-order valence-electron chi connectivity index (χ1n) is 7.60. The van der Waals surface area contributed by atoms with Crippen LogP contribution in [0.4, 0.5) is 5.69 Å². The predicted molar refractivity (Wildman–Crippen MR) is 97.0 cm³/mol. The lowest BCUT2D eigenvalue weighted by molar-refractivity contribution is 0.355. The minimum absolute atomic E-state index is 0.0490. The molecule has 3 rings (SSSR count). The number of fused-ring (bicyclic) bond motifs is 1. The summed E-state index contributed by atoms with van der Waals surface area (Å²) in [5, 5.41) is 0.590. The molecule has 5 nitrogen and oxygen atoms in total.